The number of hydrogen-bond acceptors (Lipinski definition) is 3. The van der Waals surface area contributed by atoms with Crippen molar-refractivity contribution >= 4 is 17.4 Å². The fourth-order valence-electron chi connectivity index (χ4n) is 3.72. The van der Waals surface area contributed by atoms with Gasteiger partial charge in [0.1, 0.15) is 0 Å². The van der Waals surface area contributed by atoms with E-state index in [9.17, 15) is 9.90 Å². The lowest BCUT2D eigenvalue weighted by molar-refractivity contribution is 0.0726. The zero-order valence-electron chi connectivity index (χ0n) is 15.4. The van der Waals surface area contributed by atoms with Crippen LogP contribution in [0.25, 0.3) is 0 Å². The maximum absolute atomic E-state index is 12.8. The minimum Gasteiger partial charge on any atom is -0.387 e. The molecule has 0 amide bonds. The van der Waals surface area contributed by atoms with Crippen LogP contribution in [-0.4, -0.2) is 35.4 Å². The topological polar surface area (TPSA) is 40.5 Å². The maximum Gasteiger partial charge on any atom is 0.166 e. The third-order valence-corrected chi connectivity index (χ3v) is 5.54. The average molecular weight is 372 g/mol. The van der Waals surface area contributed by atoms with E-state index in [1.165, 1.54) is 5.56 Å². The van der Waals surface area contributed by atoms with Crippen LogP contribution in [-0.2, 0) is 0 Å². The largest absolute Gasteiger partial charge is 0.387 e. The van der Waals surface area contributed by atoms with Gasteiger partial charge in [-0.1, -0.05) is 47.5 Å². The van der Waals surface area contributed by atoms with Crippen molar-refractivity contribution in [2.75, 3.05) is 19.6 Å². The first kappa shape index (κ1) is 19.1. The van der Waals surface area contributed by atoms with Gasteiger partial charge >= 0.3 is 0 Å². The number of carbonyl (C=O) groups is 1. The molecule has 0 saturated carbocycles. The molecule has 138 valence electrons. The van der Waals surface area contributed by atoms with Crippen LogP contribution >= 0.6 is 11.6 Å². The fraction of sp³-hybridized carbons (Fsp3) is 0.409. The second kappa shape index (κ2) is 8.34. The number of carbonyl (C=O) groups excluding carboxylic acids is 1. The Labute approximate surface area is 160 Å². The Balaban J connectivity index is 1.55. The molecule has 3 nitrogen and oxygen atoms in total. The van der Waals surface area contributed by atoms with Gasteiger partial charge in [0, 0.05) is 23.0 Å². The molecule has 1 fully saturated rings. The van der Waals surface area contributed by atoms with Crippen LogP contribution in [0.5, 0.6) is 0 Å². The summed E-state index contributed by atoms with van der Waals surface area (Å²) in [6.45, 7) is 6.33. The summed E-state index contributed by atoms with van der Waals surface area (Å²) in [6.07, 6.45) is 1.16. The van der Waals surface area contributed by atoms with E-state index < -0.39 is 6.10 Å². The number of aliphatic hydroxyl groups is 1. The van der Waals surface area contributed by atoms with Crippen molar-refractivity contribution in [2.45, 2.75) is 32.8 Å². The molecule has 1 aliphatic rings. The van der Waals surface area contributed by atoms with Crippen molar-refractivity contribution in [3.63, 3.8) is 0 Å². The molecule has 1 N–H and O–H groups in total. The first-order chi connectivity index (χ1) is 12.4. The molecule has 0 aromatic heterocycles. The standard InChI is InChI=1S/C22H26ClNO2/c1-15-3-8-20(16(2)13-15)22(26)18-9-11-24(12-10-18)14-21(25)17-4-6-19(23)7-5-17/h3-8,13,18,21,25H,9-12,14H2,1-2H3/t21-/m1/s1. The maximum atomic E-state index is 12.8. The van der Waals surface area contributed by atoms with Crippen molar-refractivity contribution in [1.29, 1.82) is 0 Å². The van der Waals surface area contributed by atoms with Crippen LogP contribution in [0.1, 0.15) is 46.0 Å². The zero-order chi connectivity index (χ0) is 18.7. The number of aryl methyl sites for hydroxylation is 2. The number of hydrogen-bond donors (Lipinski definition) is 1. The Morgan fingerprint density at radius 3 is 2.42 bits per heavy atom. The van der Waals surface area contributed by atoms with Gasteiger partial charge in [-0.2, -0.15) is 0 Å². The van der Waals surface area contributed by atoms with Crippen molar-refractivity contribution in [1.82, 2.24) is 4.90 Å². The van der Waals surface area contributed by atoms with E-state index in [0.717, 1.165) is 42.6 Å². The molecule has 0 spiro atoms. The number of benzene rings is 2. The van der Waals surface area contributed by atoms with Crippen molar-refractivity contribution in [2.24, 2.45) is 5.92 Å². The first-order valence-corrected chi connectivity index (χ1v) is 9.59. The van der Waals surface area contributed by atoms with Crippen LogP contribution in [0.2, 0.25) is 5.02 Å². The lowest BCUT2D eigenvalue weighted by atomic mass is 9.87. The summed E-state index contributed by atoms with van der Waals surface area (Å²) in [6, 6.07) is 13.4. The Hall–Kier alpha value is -1.68. The normalized spacial score (nSPS) is 17.2. The van der Waals surface area contributed by atoms with E-state index in [1.807, 2.05) is 38.1 Å². The molecular weight excluding hydrogens is 346 g/mol. The number of Topliss-reactive ketones (excluding diaryl/α,β-unsaturated/α-hetero) is 1. The van der Waals surface area contributed by atoms with Gasteiger partial charge in [0.05, 0.1) is 6.10 Å². The lowest BCUT2D eigenvalue weighted by Gasteiger charge is -2.32. The number of likely N-dealkylation sites (tertiary alicyclic amines) is 1. The summed E-state index contributed by atoms with van der Waals surface area (Å²) < 4.78 is 0. The van der Waals surface area contributed by atoms with Gasteiger partial charge in [0.15, 0.2) is 5.78 Å². The van der Waals surface area contributed by atoms with Crippen LogP contribution in [0, 0.1) is 19.8 Å². The number of halogens is 1. The highest BCUT2D eigenvalue weighted by molar-refractivity contribution is 6.30. The van der Waals surface area contributed by atoms with Crippen LogP contribution in [0.4, 0.5) is 0 Å². The van der Waals surface area contributed by atoms with E-state index >= 15 is 0 Å². The molecule has 0 unspecified atom stereocenters. The Bertz CT molecular complexity index is 764. The van der Waals surface area contributed by atoms with Gasteiger partial charge in [-0.25, -0.2) is 0 Å². The minimum atomic E-state index is -0.529. The fourth-order valence-corrected chi connectivity index (χ4v) is 3.85. The molecule has 26 heavy (non-hydrogen) atoms. The summed E-state index contributed by atoms with van der Waals surface area (Å²) >= 11 is 5.90. The highest BCUT2D eigenvalue weighted by atomic mass is 35.5. The SMILES string of the molecule is Cc1ccc(C(=O)C2CCN(C[C@@H](O)c3ccc(Cl)cc3)CC2)c(C)c1. The smallest absolute Gasteiger partial charge is 0.166 e. The number of nitrogens with zero attached hydrogens (tertiary/aromatic N) is 1. The quantitative estimate of drug-likeness (QED) is 0.782. The Morgan fingerprint density at radius 2 is 1.81 bits per heavy atom. The monoisotopic (exact) mass is 371 g/mol. The molecule has 1 saturated heterocycles. The molecule has 0 radical (unpaired) electrons. The van der Waals surface area contributed by atoms with Crippen molar-refractivity contribution in [3.05, 3.63) is 69.7 Å². The van der Waals surface area contributed by atoms with Gasteiger partial charge in [-0.3, -0.25) is 4.79 Å². The molecule has 1 heterocycles. The first-order valence-electron chi connectivity index (χ1n) is 9.21. The molecule has 1 aliphatic heterocycles. The third kappa shape index (κ3) is 4.53. The molecule has 2 aromatic rings. The van der Waals surface area contributed by atoms with Crippen LogP contribution in [0.15, 0.2) is 42.5 Å². The molecular formula is C22H26ClNO2. The highest BCUT2D eigenvalue weighted by Crippen LogP contribution is 2.25. The lowest BCUT2D eigenvalue weighted by Crippen LogP contribution is -2.38. The predicted octanol–water partition coefficient (Wildman–Crippen LogP) is 4.59. The summed E-state index contributed by atoms with van der Waals surface area (Å²) in [7, 11) is 0. The second-order valence-electron chi connectivity index (χ2n) is 7.32. The molecule has 0 aliphatic carbocycles. The highest BCUT2D eigenvalue weighted by Gasteiger charge is 2.27. The predicted molar refractivity (Wildman–Crippen MR) is 106 cm³/mol. The van der Waals surface area contributed by atoms with E-state index in [2.05, 4.69) is 11.0 Å². The summed E-state index contributed by atoms with van der Waals surface area (Å²) in [5.41, 5.74) is 3.98. The van der Waals surface area contributed by atoms with Gasteiger partial charge in [-0.05, 0) is 63.0 Å². The molecule has 2 aromatic carbocycles. The Kier molecular flexibility index (Phi) is 6.13. The molecule has 3 rings (SSSR count). The zero-order valence-corrected chi connectivity index (χ0v) is 16.2. The molecule has 4 heteroatoms. The number of ketones is 1. The van der Waals surface area contributed by atoms with E-state index in [-0.39, 0.29) is 11.7 Å². The molecule has 0 bridgehead atoms. The molecule has 1 atom stereocenters. The van der Waals surface area contributed by atoms with Gasteiger partial charge in [0.25, 0.3) is 0 Å². The number of piperidine rings is 1. The Morgan fingerprint density at radius 1 is 1.15 bits per heavy atom. The van der Waals surface area contributed by atoms with E-state index in [4.69, 9.17) is 11.6 Å². The summed E-state index contributed by atoms with van der Waals surface area (Å²) in [5.74, 6) is 0.348. The van der Waals surface area contributed by atoms with Gasteiger partial charge in [-0.15, -0.1) is 0 Å². The minimum absolute atomic E-state index is 0.0836. The van der Waals surface area contributed by atoms with E-state index in [0.29, 0.717) is 11.6 Å². The summed E-state index contributed by atoms with van der Waals surface area (Å²) in [4.78, 5) is 15.1. The second-order valence-corrected chi connectivity index (χ2v) is 7.76. The third-order valence-electron chi connectivity index (χ3n) is 5.29. The van der Waals surface area contributed by atoms with Crippen molar-refractivity contribution in [3.8, 4) is 0 Å². The number of β-amino-alcohol motifs (C(OH)–C–C–N with tert-alkyl or cyclic N) is 1. The van der Waals surface area contributed by atoms with Crippen LogP contribution in [0.3, 0.4) is 0 Å². The van der Waals surface area contributed by atoms with Crippen LogP contribution < -0.4 is 0 Å². The van der Waals surface area contributed by atoms with Gasteiger partial charge < -0.3 is 10.0 Å². The average Bonchev–Trinajstić information content (AvgIpc) is 2.62. The summed E-state index contributed by atoms with van der Waals surface area (Å²) in [5, 5.41) is 11.1. The van der Waals surface area contributed by atoms with E-state index in [1.54, 1.807) is 12.1 Å². The van der Waals surface area contributed by atoms with Gasteiger partial charge in [0.2, 0.25) is 0 Å². The number of rotatable bonds is 5. The van der Waals surface area contributed by atoms with Crippen molar-refractivity contribution < 1.29 is 9.90 Å². The number of aliphatic hydroxyl groups excluding tert-OH is 1.